The maximum atomic E-state index is 12.8. The van der Waals surface area contributed by atoms with Crippen molar-refractivity contribution in [3.8, 4) is 0 Å². The van der Waals surface area contributed by atoms with Crippen molar-refractivity contribution in [1.29, 1.82) is 0 Å². The van der Waals surface area contributed by atoms with Crippen LogP contribution in [0.2, 0.25) is 18.0 Å². The van der Waals surface area contributed by atoms with Gasteiger partial charge < -0.3 is 4.74 Å². The van der Waals surface area contributed by atoms with E-state index in [4.69, 9.17) is 4.74 Å². The van der Waals surface area contributed by atoms with Gasteiger partial charge in [-0.05, 0) is 24.1 Å². The predicted molar refractivity (Wildman–Crippen MR) is 86.4 cm³/mol. The molecular formula is C18H26BFO. The molecule has 0 saturated carbocycles. The minimum absolute atomic E-state index is 0.178. The molecule has 0 radical (unpaired) electrons. The van der Waals surface area contributed by atoms with Crippen molar-refractivity contribution in [2.24, 2.45) is 0 Å². The van der Waals surface area contributed by atoms with E-state index in [0.29, 0.717) is 6.61 Å². The Bertz CT molecular complexity index is 411. The van der Waals surface area contributed by atoms with Crippen molar-refractivity contribution >= 4 is 6.71 Å². The predicted octanol–water partition coefficient (Wildman–Crippen LogP) is 5.34. The Hall–Kier alpha value is -0.825. The first-order chi connectivity index (χ1) is 10.3. The van der Waals surface area contributed by atoms with Crippen LogP contribution in [0.3, 0.4) is 0 Å². The summed E-state index contributed by atoms with van der Waals surface area (Å²) in [7, 11) is 0. The lowest BCUT2D eigenvalue weighted by Crippen LogP contribution is -2.34. The number of hydrogen-bond donors (Lipinski definition) is 0. The van der Waals surface area contributed by atoms with Gasteiger partial charge in [0.2, 0.25) is 0 Å². The largest absolute Gasteiger partial charge is 0.377 e. The second kappa shape index (κ2) is 7.44. The van der Waals surface area contributed by atoms with E-state index in [0.717, 1.165) is 30.5 Å². The third-order valence-electron chi connectivity index (χ3n) is 5.52. The number of rotatable bonds is 6. The van der Waals surface area contributed by atoms with E-state index in [2.05, 4.69) is 0 Å². The average Bonchev–Trinajstić information content (AvgIpc) is 2.48. The first-order valence-corrected chi connectivity index (χ1v) is 8.65. The van der Waals surface area contributed by atoms with Gasteiger partial charge in [0.1, 0.15) is 12.5 Å². The highest BCUT2D eigenvalue weighted by atomic mass is 19.1. The molecule has 0 aliphatic carbocycles. The summed E-state index contributed by atoms with van der Waals surface area (Å²) in [5.41, 5.74) is 1.06. The van der Waals surface area contributed by atoms with Gasteiger partial charge >= 0.3 is 0 Å². The van der Waals surface area contributed by atoms with E-state index >= 15 is 0 Å². The van der Waals surface area contributed by atoms with E-state index in [1.54, 1.807) is 12.1 Å². The van der Waals surface area contributed by atoms with Gasteiger partial charge in [0, 0.05) is 6.61 Å². The van der Waals surface area contributed by atoms with Crippen LogP contribution in [-0.4, -0.2) is 13.3 Å². The molecule has 0 N–H and O–H groups in total. The van der Waals surface area contributed by atoms with Crippen molar-refractivity contribution in [1.82, 2.24) is 0 Å². The molecule has 0 amide bonds. The van der Waals surface area contributed by atoms with Gasteiger partial charge in [0.15, 0.2) is 0 Å². The molecule has 114 valence electrons. The molecule has 3 rings (SSSR count). The second-order valence-corrected chi connectivity index (χ2v) is 6.87. The van der Waals surface area contributed by atoms with Crippen LogP contribution in [0, 0.1) is 5.82 Å². The maximum Gasteiger partial charge on any atom is 0.146 e. The summed E-state index contributed by atoms with van der Waals surface area (Å²) in [6.45, 7) is 2.42. The summed E-state index contributed by atoms with van der Waals surface area (Å²) in [5, 5.41) is 0. The molecule has 2 fully saturated rings. The number of hydrogen-bond acceptors (Lipinski definition) is 1. The molecule has 1 nitrogen and oxygen atoms in total. The number of benzene rings is 1. The van der Waals surface area contributed by atoms with Crippen molar-refractivity contribution in [3.05, 3.63) is 35.6 Å². The zero-order chi connectivity index (χ0) is 14.5. The van der Waals surface area contributed by atoms with E-state index in [1.165, 1.54) is 63.4 Å². The molecule has 2 aliphatic heterocycles. The maximum absolute atomic E-state index is 12.8. The lowest BCUT2D eigenvalue weighted by Gasteiger charge is -2.40. The molecule has 2 heterocycles. The highest BCUT2D eigenvalue weighted by Crippen LogP contribution is 2.47. The highest BCUT2D eigenvalue weighted by Gasteiger charge is 2.38. The molecule has 0 aromatic heterocycles. The SMILES string of the molecule is Fc1ccc(COCCCB2C3CCCC2CCC3)cc1. The fourth-order valence-corrected chi connectivity index (χ4v) is 4.48. The number of fused-ring (bicyclic) bond motifs is 2. The summed E-state index contributed by atoms with van der Waals surface area (Å²) in [4.78, 5) is 0. The molecule has 2 bridgehead atoms. The summed E-state index contributed by atoms with van der Waals surface area (Å²) >= 11 is 0. The lowest BCUT2D eigenvalue weighted by molar-refractivity contribution is 0.121. The highest BCUT2D eigenvalue weighted by molar-refractivity contribution is 6.62. The van der Waals surface area contributed by atoms with Crippen molar-refractivity contribution in [2.75, 3.05) is 6.61 Å². The molecule has 0 unspecified atom stereocenters. The van der Waals surface area contributed by atoms with Crippen LogP contribution < -0.4 is 0 Å². The Kier molecular flexibility index (Phi) is 5.35. The summed E-state index contributed by atoms with van der Waals surface area (Å²) in [6, 6.07) is 6.62. The summed E-state index contributed by atoms with van der Waals surface area (Å²) in [5.74, 6) is 1.84. The Morgan fingerprint density at radius 1 is 1.00 bits per heavy atom. The van der Waals surface area contributed by atoms with E-state index in [9.17, 15) is 4.39 Å². The quantitative estimate of drug-likeness (QED) is 0.507. The minimum Gasteiger partial charge on any atom is -0.377 e. The van der Waals surface area contributed by atoms with Gasteiger partial charge in [0.25, 0.3) is 0 Å². The van der Waals surface area contributed by atoms with Crippen LogP contribution in [0.4, 0.5) is 4.39 Å². The van der Waals surface area contributed by atoms with Crippen LogP contribution in [-0.2, 0) is 11.3 Å². The molecular weight excluding hydrogens is 262 g/mol. The Labute approximate surface area is 128 Å². The van der Waals surface area contributed by atoms with E-state index in [-0.39, 0.29) is 5.82 Å². The average molecular weight is 288 g/mol. The molecule has 2 aliphatic rings. The van der Waals surface area contributed by atoms with Crippen LogP contribution in [0.5, 0.6) is 0 Å². The van der Waals surface area contributed by atoms with Crippen molar-refractivity contribution in [2.45, 2.75) is 69.5 Å². The standard InChI is InChI=1S/C18H26BFO/c20-18-10-8-15(9-11-18)14-21-13-3-12-19-16-4-1-5-17(19)7-2-6-16/h8-11,16-17H,1-7,12-14H2. The first kappa shape index (κ1) is 15.1. The molecule has 1 aromatic rings. The zero-order valence-electron chi connectivity index (χ0n) is 12.9. The summed E-state index contributed by atoms with van der Waals surface area (Å²) < 4.78 is 18.6. The fraction of sp³-hybridized carbons (Fsp3) is 0.667. The van der Waals surface area contributed by atoms with Gasteiger partial charge in [-0.1, -0.05) is 68.6 Å². The smallest absolute Gasteiger partial charge is 0.146 e. The Morgan fingerprint density at radius 2 is 1.62 bits per heavy atom. The first-order valence-electron chi connectivity index (χ1n) is 8.65. The third-order valence-corrected chi connectivity index (χ3v) is 5.52. The minimum atomic E-state index is -0.178. The number of halogens is 1. The van der Waals surface area contributed by atoms with Crippen LogP contribution in [0.15, 0.2) is 24.3 Å². The Morgan fingerprint density at radius 3 is 2.24 bits per heavy atom. The van der Waals surface area contributed by atoms with Crippen LogP contribution in [0.25, 0.3) is 0 Å². The van der Waals surface area contributed by atoms with Crippen molar-refractivity contribution < 1.29 is 9.13 Å². The van der Waals surface area contributed by atoms with E-state index in [1.807, 2.05) is 0 Å². The lowest BCUT2D eigenvalue weighted by atomic mass is 9.26. The topological polar surface area (TPSA) is 9.23 Å². The molecule has 21 heavy (non-hydrogen) atoms. The van der Waals surface area contributed by atoms with Crippen LogP contribution >= 0.6 is 0 Å². The van der Waals surface area contributed by atoms with Crippen LogP contribution in [0.1, 0.15) is 50.5 Å². The molecule has 1 aromatic carbocycles. The molecule has 0 atom stereocenters. The summed E-state index contributed by atoms with van der Waals surface area (Å²) in [6.07, 6.45) is 11.3. The number of ether oxygens (including phenoxy) is 1. The van der Waals surface area contributed by atoms with Gasteiger partial charge in [-0.15, -0.1) is 0 Å². The molecule has 2 saturated heterocycles. The second-order valence-electron chi connectivity index (χ2n) is 6.87. The fourth-order valence-electron chi connectivity index (χ4n) is 4.48. The van der Waals surface area contributed by atoms with Gasteiger partial charge in [-0.2, -0.15) is 0 Å². The van der Waals surface area contributed by atoms with E-state index < -0.39 is 0 Å². The van der Waals surface area contributed by atoms with Gasteiger partial charge in [-0.3, -0.25) is 0 Å². The molecule has 0 spiro atoms. The third kappa shape index (κ3) is 4.09. The van der Waals surface area contributed by atoms with Gasteiger partial charge in [-0.25, -0.2) is 4.39 Å². The normalized spacial score (nSPS) is 25.1. The van der Waals surface area contributed by atoms with Crippen molar-refractivity contribution in [3.63, 3.8) is 0 Å². The zero-order valence-corrected chi connectivity index (χ0v) is 12.9. The van der Waals surface area contributed by atoms with Gasteiger partial charge in [0.05, 0.1) is 6.61 Å². The molecule has 3 heteroatoms. The monoisotopic (exact) mass is 288 g/mol. The Balaban J connectivity index is 1.35.